The van der Waals surface area contributed by atoms with E-state index < -0.39 is 10.0 Å². The van der Waals surface area contributed by atoms with Crippen LogP contribution in [0.15, 0.2) is 11.7 Å². The number of nitrogens with one attached hydrogen (secondary N) is 1. The van der Waals surface area contributed by atoms with Crippen LogP contribution in [0.1, 0.15) is 11.3 Å². The van der Waals surface area contributed by atoms with Crippen molar-refractivity contribution in [1.29, 1.82) is 0 Å². The van der Waals surface area contributed by atoms with Crippen molar-refractivity contribution in [3.63, 3.8) is 0 Å². The molecule has 0 amide bonds. The maximum absolute atomic E-state index is 11.3. The van der Waals surface area contributed by atoms with Gasteiger partial charge in [-0.3, -0.25) is 4.98 Å². The lowest BCUT2D eigenvalue weighted by molar-refractivity contribution is 0.579. The van der Waals surface area contributed by atoms with Crippen molar-refractivity contribution < 1.29 is 8.42 Å². The topological polar surface area (TPSA) is 85.1 Å². The summed E-state index contributed by atoms with van der Waals surface area (Å²) >= 11 is 1.42. The van der Waals surface area contributed by atoms with Gasteiger partial charge < -0.3 is 5.73 Å². The molecule has 0 aliphatic carbocycles. The first-order chi connectivity index (χ1) is 6.64. The summed E-state index contributed by atoms with van der Waals surface area (Å²) in [7, 11) is -3.17. The standard InChI is InChI=1S/C7H13N3O2S2/c8-2-1-3-14(11,12)10-5-7-4-9-6-13-7/h4,6,10H,1-3,5,8H2. The number of aromatic nitrogens is 1. The molecule has 0 radical (unpaired) electrons. The third kappa shape index (κ3) is 4.14. The molecule has 1 aromatic rings. The zero-order valence-corrected chi connectivity index (χ0v) is 9.27. The molecule has 0 aliphatic heterocycles. The maximum Gasteiger partial charge on any atom is 0.211 e. The van der Waals surface area contributed by atoms with Crippen LogP contribution >= 0.6 is 11.3 Å². The van der Waals surface area contributed by atoms with E-state index in [9.17, 15) is 8.42 Å². The van der Waals surface area contributed by atoms with Gasteiger partial charge >= 0.3 is 0 Å². The Morgan fingerprint density at radius 3 is 2.93 bits per heavy atom. The second-order valence-corrected chi connectivity index (χ2v) is 5.65. The van der Waals surface area contributed by atoms with Gasteiger partial charge in [0.2, 0.25) is 10.0 Å². The second-order valence-electron chi connectivity index (χ2n) is 2.75. The minimum absolute atomic E-state index is 0.0856. The molecular weight excluding hydrogens is 222 g/mol. The van der Waals surface area contributed by atoms with Gasteiger partial charge in [0, 0.05) is 17.6 Å². The van der Waals surface area contributed by atoms with Gasteiger partial charge in [0.25, 0.3) is 0 Å². The van der Waals surface area contributed by atoms with E-state index in [1.54, 1.807) is 11.7 Å². The molecule has 0 spiro atoms. The molecule has 0 saturated carbocycles. The van der Waals surface area contributed by atoms with Gasteiger partial charge in [0.15, 0.2) is 0 Å². The number of hydrogen-bond acceptors (Lipinski definition) is 5. The van der Waals surface area contributed by atoms with E-state index in [-0.39, 0.29) is 5.75 Å². The van der Waals surface area contributed by atoms with E-state index in [1.165, 1.54) is 11.3 Å². The molecule has 0 aromatic carbocycles. The lowest BCUT2D eigenvalue weighted by Gasteiger charge is -2.03. The van der Waals surface area contributed by atoms with Gasteiger partial charge in [-0.1, -0.05) is 0 Å². The van der Waals surface area contributed by atoms with Gasteiger partial charge in [0.1, 0.15) is 0 Å². The highest BCUT2D eigenvalue weighted by atomic mass is 32.2. The number of hydrogen-bond donors (Lipinski definition) is 2. The van der Waals surface area contributed by atoms with Crippen LogP contribution in [-0.4, -0.2) is 25.7 Å². The first-order valence-corrected chi connectivity index (χ1v) is 6.72. The molecule has 0 saturated heterocycles. The Balaban J connectivity index is 2.37. The number of thiazole rings is 1. The zero-order valence-electron chi connectivity index (χ0n) is 7.64. The van der Waals surface area contributed by atoms with E-state index in [2.05, 4.69) is 9.71 Å². The van der Waals surface area contributed by atoms with Gasteiger partial charge in [-0.15, -0.1) is 11.3 Å². The van der Waals surface area contributed by atoms with E-state index in [0.717, 1.165) is 4.88 Å². The number of nitrogens with zero attached hydrogens (tertiary/aromatic N) is 1. The fourth-order valence-corrected chi connectivity index (χ4v) is 2.55. The molecule has 5 nitrogen and oxygen atoms in total. The molecule has 1 heterocycles. The summed E-state index contributed by atoms with van der Waals surface area (Å²) in [5.41, 5.74) is 6.90. The number of sulfonamides is 1. The predicted molar refractivity (Wildman–Crippen MR) is 56.4 cm³/mol. The Morgan fingerprint density at radius 1 is 1.57 bits per heavy atom. The molecule has 3 N–H and O–H groups in total. The van der Waals surface area contributed by atoms with E-state index in [1.807, 2.05) is 0 Å². The number of rotatable bonds is 6. The molecule has 1 rings (SSSR count). The average molecular weight is 235 g/mol. The van der Waals surface area contributed by atoms with Crippen LogP contribution in [0.5, 0.6) is 0 Å². The fraction of sp³-hybridized carbons (Fsp3) is 0.571. The summed E-state index contributed by atoms with van der Waals surface area (Å²) in [5, 5.41) is 0. The van der Waals surface area contributed by atoms with Gasteiger partial charge in [-0.05, 0) is 13.0 Å². The maximum atomic E-state index is 11.3. The molecule has 0 aliphatic rings. The Labute approximate surface area is 87.4 Å². The second kappa shape index (κ2) is 5.40. The number of nitrogens with two attached hydrogens (primary N) is 1. The van der Waals surface area contributed by atoms with E-state index in [0.29, 0.717) is 19.5 Å². The predicted octanol–water partition coefficient (Wildman–Crippen LogP) is -0.0887. The first-order valence-electron chi connectivity index (χ1n) is 4.19. The summed E-state index contributed by atoms with van der Waals surface area (Å²) < 4.78 is 25.1. The van der Waals surface area contributed by atoms with Crippen LogP contribution in [0.3, 0.4) is 0 Å². The Kier molecular flexibility index (Phi) is 4.46. The van der Waals surface area contributed by atoms with Crippen LogP contribution in [0.4, 0.5) is 0 Å². The quantitative estimate of drug-likeness (QED) is 0.721. The van der Waals surface area contributed by atoms with Crippen LogP contribution < -0.4 is 10.5 Å². The van der Waals surface area contributed by atoms with Crippen LogP contribution in [0.2, 0.25) is 0 Å². The average Bonchev–Trinajstić information content (AvgIpc) is 2.64. The van der Waals surface area contributed by atoms with Gasteiger partial charge in [-0.2, -0.15) is 0 Å². The van der Waals surface area contributed by atoms with Crippen molar-refractivity contribution in [2.24, 2.45) is 5.73 Å². The molecular formula is C7H13N3O2S2. The van der Waals surface area contributed by atoms with Crippen LogP contribution in [-0.2, 0) is 16.6 Å². The smallest absolute Gasteiger partial charge is 0.211 e. The summed E-state index contributed by atoms with van der Waals surface area (Å²) in [6, 6.07) is 0. The highest BCUT2D eigenvalue weighted by molar-refractivity contribution is 7.89. The largest absolute Gasteiger partial charge is 0.330 e. The highest BCUT2D eigenvalue weighted by Gasteiger charge is 2.08. The van der Waals surface area contributed by atoms with Crippen LogP contribution in [0.25, 0.3) is 0 Å². The zero-order chi connectivity index (χ0) is 10.4. The molecule has 7 heteroatoms. The van der Waals surface area contributed by atoms with Crippen molar-refractivity contribution in [1.82, 2.24) is 9.71 Å². The SMILES string of the molecule is NCCCS(=O)(=O)NCc1cncs1. The third-order valence-electron chi connectivity index (χ3n) is 1.57. The van der Waals surface area contributed by atoms with E-state index >= 15 is 0 Å². The summed E-state index contributed by atoms with van der Waals surface area (Å²) in [5.74, 6) is 0.0856. The third-order valence-corrected chi connectivity index (χ3v) is 3.76. The fourth-order valence-electron chi connectivity index (χ4n) is 0.856. The van der Waals surface area contributed by atoms with Crippen LogP contribution in [0, 0.1) is 0 Å². The van der Waals surface area contributed by atoms with E-state index in [4.69, 9.17) is 5.73 Å². The van der Waals surface area contributed by atoms with Gasteiger partial charge in [0.05, 0.1) is 11.3 Å². The first kappa shape index (κ1) is 11.6. The van der Waals surface area contributed by atoms with Crippen molar-refractivity contribution in [2.75, 3.05) is 12.3 Å². The summed E-state index contributed by atoms with van der Waals surface area (Å²) in [6.07, 6.45) is 2.13. The van der Waals surface area contributed by atoms with Crippen molar-refractivity contribution in [2.45, 2.75) is 13.0 Å². The highest BCUT2D eigenvalue weighted by Crippen LogP contribution is 2.05. The van der Waals surface area contributed by atoms with Crippen molar-refractivity contribution in [3.05, 3.63) is 16.6 Å². The Bertz CT molecular complexity index is 347. The monoisotopic (exact) mass is 235 g/mol. The molecule has 0 unspecified atom stereocenters. The molecule has 0 bridgehead atoms. The molecule has 0 fully saturated rings. The van der Waals surface area contributed by atoms with Gasteiger partial charge in [-0.25, -0.2) is 13.1 Å². The van der Waals surface area contributed by atoms with Crippen molar-refractivity contribution >= 4 is 21.4 Å². The minimum atomic E-state index is -3.17. The molecule has 80 valence electrons. The lowest BCUT2D eigenvalue weighted by atomic mass is 10.5. The lowest BCUT2D eigenvalue weighted by Crippen LogP contribution is -2.26. The van der Waals surface area contributed by atoms with Crippen molar-refractivity contribution in [3.8, 4) is 0 Å². The molecule has 14 heavy (non-hydrogen) atoms. The Hall–Kier alpha value is -0.500. The summed E-state index contributed by atoms with van der Waals surface area (Å²) in [6.45, 7) is 0.707. The normalized spacial score (nSPS) is 11.8. The Morgan fingerprint density at radius 2 is 2.36 bits per heavy atom. The molecule has 0 atom stereocenters. The minimum Gasteiger partial charge on any atom is -0.330 e. The summed E-state index contributed by atoms with van der Waals surface area (Å²) in [4.78, 5) is 4.75. The molecule has 1 aromatic heterocycles.